The van der Waals surface area contributed by atoms with Crippen LogP contribution in [-0.4, -0.2) is 32.9 Å². The second-order valence-electron chi connectivity index (χ2n) is 6.28. The average molecular weight is 438 g/mol. The topological polar surface area (TPSA) is 98.1 Å². The molecule has 154 valence electrons. The SMILES string of the molecule is CCc1ccc(S(=O)(=O)c2ccc(F)cc2)cc1S(=O)(=O)NCCn1ccnc1. The van der Waals surface area contributed by atoms with Gasteiger partial charge in [0.1, 0.15) is 5.82 Å². The molecule has 0 spiro atoms. The highest BCUT2D eigenvalue weighted by Crippen LogP contribution is 2.26. The highest BCUT2D eigenvalue weighted by Gasteiger charge is 2.24. The first-order chi connectivity index (χ1) is 13.7. The van der Waals surface area contributed by atoms with E-state index in [4.69, 9.17) is 0 Å². The lowest BCUT2D eigenvalue weighted by Crippen LogP contribution is -2.28. The minimum atomic E-state index is -3.99. The number of halogens is 1. The molecule has 3 aromatic rings. The molecule has 1 heterocycles. The Morgan fingerprint density at radius 2 is 1.72 bits per heavy atom. The normalized spacial score (nSPS) is 12.2. The Balaban J connectivity index is 1.93. The van der Waals surface area contributed by atoms with E-state index in [1.54, 1.807) is 30.2 Å². The number of benzene rings is 2. The number of hydrogen-bond donors (Lipinski definition) is 1. The van der Waals surface area contributed by atoms with Crippen molar-refractivity contribution in [3.05, 3.63) is 72.6 Å². The fourth-order valence-corrected chi connectivity index (χ4v) is 5.52. The smallest absolute Gasteiger partial charge is 0.240 e. The monoisotopic (exact) mass is 437 g/mol. The Bertz CT molecular complexity index is 1190. The van der Waals surface area contributed by atoms with Crippen molar-refractivity contribution in [3.8, 4) is 0 Å². The van der Waals surface area contributed by atoms with Crippen molar-refractivity contribution in [2.75, 3.05) is 6.54 Å². The van der Waals surface area contributed by atoms with Crippen molar-refractivity contribution < 1.29 is 21.2 Å². The van der Waals surface area contributed by atoms with E-state index < -0.39 is 25.7 Å². The molecule has 0 saturated carbocycles. The van der Waals surface area contributed by atoms with Crippen molar-refractivity contribution >= 4 is 19.9 Å². The van der Waals surface area contributed by atoms with Crippen LogP contribution in [0, 0.1) is 5.82 Å². The molecule has 0 saturated heterocycles. The van der Waals surface area contributed by atoms with Gasteiger partial charge in [0.2, 0.25) is 19.9 Å². The molecule has 0 unspecified atom stereocenters. The maximum Gasteiger partial charge on any atom is 0.240 e. The first kappa shape index (κ1) is 21.2. The summed E-state index contributed by atoms with van der Waals surface area (Å²) in [5.74, 6) is -0.560. The number of aryl methyl sites for hydroxylation is 1. The fraction of sp³-hybridized carbons (Fsp3) is 0.211. The molecule has 0 radical (unpaired) electrons. The van der Waals surface area contributed by atoms with Crippen LogP contribution in [0.1, 0.15) is 12.5 Å². The Morgan fingerprint density at radius 1 is 1.03 bits per heavy atom. The molecule has 7 nitrogen and oxygen atoms in total. The van der Waals surface area contributed by atoms with E-state index in [1.165, 1.54) is 12.1 Å². The van der Waals surface area contributed by atoms with Gasteiger partial charge < -0.3 is 4.57 Å². The predicted molar refractivity (Wildman–Crippen MR) is 105 cm³/mol. The first-order valence-electron chi connectivity index (χ1n) is 8.83. The van der Waals surface area contributed by atoms with Crippen molar-refractivity contribution in [2.24, 2.45) is 0 Å². The lowest BCUT2D eigenvalue weighted by atomic mass is 10.2. The molecule has 3 rings (SSSR count). The third-order valence-electron chi connectivity index (χ3n) is 4.36. The van der Waals surface area contributed by atoms with Crippen LogP contribution in [-0.2, 0) is 32.8 Å². The minimum absolute atomic E-state index is 0.0891. The van der Waals surface area contributed by atoms with Crippen molar-refractivity contribution in [2.45, 2.75) is 34.6 Å². The number of sulfonamides is 1. The van der Waals surface area contributed by atoms with Crippen LogP contribution in [0.2, 0.25) is 0 Å². The average Bonchev–Trinajstić information content (AvgIpc) is 3.21. The summed E-state index contributed by atoms with van der Waals surface area (Å²) in [4.78, 5) is 3.52. The van der Waals surface area contributed by atoms with E-state index in [-0.39, 0.29) is 21.2 Å². The molecule has 29 heavy (non-hydrogen) atoms. The molecule has 0 aliphatic heterocycles. The summed E-state index contributed by atoms with van der Waals surface area (Å²) in [6.07, 6.45) is 5.28. The van der Waals surface area contributed by atoms with E-state index in [9.17, 15) is 21.2 Å². The number of sulfone groups is 1. The Kier molecular flexibility index (Phi) is 6.15. The van der Waals surface area contributed by atoms with Crippen LogP contribution in [0.4, 0.5) is 4.39 Å². The third-order valence-corrected chi connectivity index (χ3v) is 7.68. The molecule has 0 aliphatic rings. The Labute approximate surface area is 169 Å². The fourth-order valence-electron chi connectivity index (χ4n) is 2.80. The Morgan fingerprint density at radius 3 is 2.34 bits per heavy atom. The molecule has 10 heteroatoms. The van der Waals surface area contributed by atoms with Gasteiger partial charge in [0.25, 0.3) is 0 Å². The van der Waals surface area contributed by atoms with Crippen LogP contribution in [0.5, 0.6) is 0 Å². The van der Waals surface area contributed by atoms with E-state index >= 15 is 0 Å². The molecule has 1 N–H and O–H groups in total. The van der Waals surface area contributed by atoms with E-state index in [0.29, 0.717) is 18.5 Å². The molecule has 2 aromatic carbocycles. The number of nitrogens with one attached hydrogen (secondary N) is 1. The van der Waals surface area contributed by atoms with Gasteiger partial charge in [0, 0.05) is 25.5 Å². The van der Waals surface area contributed by atoms with Gasteiger partial charge in [0.05, 0.1) is 21.0 Å². The van der Waals surface area contributed by atoms with Gasteiger partial charge in [-0.05, 0) is 48.4 Å². The summed E-state index contributed by atoms with van der Waals surface area (Å²) in [6, 6.07) is 8.39. The first-order valence-corrected chi connectivity index (χ1v) is 11.8. The molecule has 0 bridgehead atoms. The summed E-state index contributed by atoms with van der Waals surface area (Å²) < 4.78 is 68.7. The van der Waals surface area contributed by atoms with Crippen molar-refractivity contribution in [1.82, 2.24) is 14.3 Å². The molecule has 0 aliphatic carbocycles. The maximum absolute atomic E-state index is 13.1. The molecule has 1 aromatic heterocycles. The summed E-state index contributed by atoms with van der Waals surface area (Å²) >= 11 is 0. The number of imidazole rings is 1. The van der Waals surface area contributed by atoms with Crippen LogP contribution in [0.3, 0.4) is 0 Å². The molecular formula is C19H20FN3O4S2. The van der Waals surface area contributed by atoms with E-state index in [1.807, 2.05) is 0 Å². The molecule has 0 atom stereocenters. The summed E-state index contributed by atoms with van der Waals surface area (Å²) in [7, 11) is -7.93. The number of hydrogen-bond acceptors (Lipinski definition) is 5. The van der Waals surface area contributed by atoms with Gasteiger partial charge in [-0.2, -0.15) is 0 Å². The molecule has 0 fully saturated rings. The second kappa shape index (κ2) is 8.44. The van der Waals surface area contributed by atoms with Crippen LogP contribution < -0.4 is 4.72 Å². The Hall–Kier alpha value is -2.56. The maximum atomic E-state index is 13.1. The minimum Gasteiger partial charge on any atom is -0.336 e. The highest BCUT2D eigenvalue weighted by atomic mass is 32.2. The van der Waals surface area contributed by atoms with Gasteiger partial charge in [-0.25, -0.2) is 30.9 Å². The quantitative estimate of drug-likeness (QED) is 0.546. The van der Waals surface area contributed by atoms with Crippen molar-refractivity contribution in [1.29, 1.82) is 0 Å². The standard InChI is InChI=1S/C19H20FN3O4S2/c1-2-15-3-6-18(28(24,25)17-7-4-16(20)5-8-17)13-19(15)29(26,27)22-10-12-23-11-9-21-14-23/h3-9,11,13-14,22H,2,10,12H2,1H3. The van der Waals surface area contributed by atoms with Crippen LogP contribution >= 0.6 is 0 Å². The number of nitrogens with zero attached hydrogens (tertiary/aromatic N) is 2. The predicted octanol–water partition coefficient (Wildman–Crippen LogP) is 2.40. The van der Waals surface area contributed by atoms with Gasteiger partial charge >= 0.3 is 0 Å². The summed E-state index contributed by atoms with van der Waals surface area (Å²) in [5.41, 5.74) is 0.498. The lowest BCUT2D eigenvalue weighted by molar-refractivity contribution is 0.571. The highest BCUT2D eigenvalue weighted by molar-refractivity contribution is 7.91. The molecule has 0 amide bonds. The van der Waals surface area contributed by atoms with Gasteiger partial charge in [-0.15, -0.1) is 0 Å². The van der Waals surface area contributed by atoms with Crippen LogP contribution in [0.25, 0.3) is 0 Å². The van der Waals surface area contributed by atoms with Gasteiger partial charge in [-0.1, -0.05) is 13.0 Å². The number of rotatable bonds is 8. The van der Waals surface area contributed by atoms with Crippen molar-refractivity contribution in [3.63, 3.8) is 0 Å². The zero-order valence-electron chi connectivity index (χ0n) is 15.6. The third kappa shape index (κ3) is 4.72. The zero-order valence-corrected chi connectivity index (χ0v) is 17.2. The van der Waals surface area contributed by atoms with E-state index in [0.717, 1.165) is 30.3 Å². The van der Waals surface area contributed by atoms with Crippen LogP contribution in [0.15, 0.2) is 75.9 Å². The van der Waals surface area contributed by atoms with E-state index in [2.05, 4.69) is 9.71 Å². The largest absolute Gasteiger partial charge is 0.336 e. The number of aromatic nitrogens is 2. The lowest BCUT2D eigenvalue weighted by Gasteiger charge is -2.13. The van der Waals surface area contributed by atoms with Gasteiger partial charge in [-0.3, -0.25) is 0 Å². The summed E-state index contributed by atoms with van der Waals surface area (Å²) in [6.45, 7) is 2.29. The van der Waals surface area contributed by atoms with Gasteiger partial charge in [0.15, 0.2) is 0 Å². The zero-order chi connectivity index (χ0) is 21.1. The molecular weight excluding hydrogens is 417 g/mol. The summed E-state index contributed by atoms with van der Waals surface area (Å²) in [5, 5.41) is 0. The second-order valence-corrected chi connectivity index (χ2v) is 9.96.